The number of benzene rings is 1. The van der Waals surface area contributed by atoms with E-state index in [0.717, 1.165) is 0 Å². The second-order valence-electron chi connectivity index (χ2n) is 3.55. The highest BCUT2D eigenvalue weighted by molar-refractivity contribution is 6.34. The van der Waals surface area contributed by atoms with Gasteiger partial charge in [-0.1, -0.05) is 11.6 Å². The number of carbonyl (C=O) groups excluding carboxylic acids is 1. The number of nitrogens with one attached hydrogen (secondary N) is 2. The van der Waals surface area contributed by atoms with E-state index < -0.39 is 0 Å². The number of carbonyl (C=O) groups is 1. The van der Waals surface area contributed by atoms with Crippen LogP contribution in [0.2, 0.25) is 5.02 Å². The summed E-state index contributed by atoms with van der Waals surface area (Å²) in [6, 6.07) is 3.31. The van der Waals surface area contributed by atoms with E-state index in [1.54, 1.807) is 19.2 Å². The van der Waals surface area contributed by atoms with Crippen LogP contribution in [0.5, 0.6) is 11.5 Å². The minimum atomic E-state index is -0.161. The first-order valence-electron chi connectivity index (χ1n) is 5.24. The Kier molecular flexibility index (Phi) is 3.71. The highest BCUT2D eigenvalue weighted by Gasteiger charge is 2.15. The molecule has 0 atom stereocenters. The maximum Gasteiger partial charge on any atom is 0.238 e. The van der Waals surface area contributed by atoms with Gasteiger partial charge in [-0.05, 0) is 7.05 Å². The minimum absolute atomic E-state index is 0.161. The zero-order chi connectivity index (χ0) is 12.3. The Hall–Kier alpha value is -1.46. The Morgan fingerprint density at radius 1 is 1.35 bits per heavy atom. The predicted octanol–water partition coefficient (Wildman–Crippen LogP) is 1.27. The van der Waals surface area contributed by atoms with Gasteiger partial charge in [0.2, 0.25) is 5.91 Å². The smallest absolute Gasteiger partial charge is 0.238 e. The molecule has 0 fully saturated rings. The van der Waals surface area contributed by atoms with Gasteiger partial charge in [0.15, 0.2) is 11.5 Å². The van der Waals surface area contributed by atoms with Gasteiger partial charge in [0, 0.05) is 12.1 Å². The van der Waals surface area contributed by atoms with Gasteiger partial charge in [-0.3, -0.25) is 4.79 Å². The molecule has 0 aliphatic carbocycles. The molecule has 0 aromatic heterocycles. The van der Waals surface area contributed by atoms with Gasteiger partial charge in [0.1, 0.15) is 13.2 Å². The van der Waals surface area contributed by atoms with Crippen LogP contribution in [-0.4, -0.2) is 32.7 Å². The molecule has 5 nitrogen and oxygen atoms in total. The van der Waals surface area contributed by atoms with E-state index in [1.165, 1.54) is 0 Å². The number of halogens is 1. The minimum Gasteiger partial charge on any atom is -0.486 e. The number of rotatable bonds is 3. The van der Waals surface area contributed by atoms with Crippen LogP contribution in [0.15, 0.2) is 12.1 Å². The molecule has 0 radical (unpaired) electrons. The molecule has 0 unspecified atom stereocenters. The van der Waals surface area contributed by atoms with Gasteiger partial charge in [0.25, 0.3) is 0 Å². The third-order valence-corrected chi connectivity index (χ3v) is 2.56. The molecular weight excluding hydrogens is 244 g/mol. The molecule has 0 saturated carbocycles. The molecule has 1 amide bonds. The van der Waals surface area contributed by atoms with Crippen LogP contribution in [0.1, 0.15) is 0 Å². The lowest BCUT2D eigenvalue weighted by molar-refractivity contribution is -0.115. The van der Waals surface area contributed by atoms with E-state index in [4.69, 9.17) is 21.1 Å². The Morgan fingerprint density at radius 2 is 2.00 bits per heavy atom. The third kappa shape index (κ3) is 2.81. The lowest BCUT2D eigenvalue weighted by Crippen LogP contribution is -2.25. The monoisotopic (exact) mass is 256 g/mol. The summed E-state index contributed by atoms with van der Waals surface area (Å²) in [7, 11) is 1.70. The van der Waals surface area contributed by atoms with Gasteiger partial charge in [-0.25, -0.2) is 0 Å². The largest absolute Gasteiger partial charge is 0.486 e. The van der Waals surface area contributed by atoms with Gasteiger partial charge < -0.3 is 20.1 Å². The average molecular weight is 257 g/mol. The van der Waals surface area contributed by atoms with Crippen molar-refractivity contribution in [1.29, 1.82) is 0 Å². The Bertz CT molecular complexity index is 437. The summed E-state index contributed by atoms with van der Waals surface area (Å²) >= 11 is 6.03. The molecule has 0 saturated heterocycles. The summed E-state index contributed by atoms with van der Waals surface area (Å²) in [5.74, 6) is 1.04. The predicted molar refractivity (Wildman–Crippen MR) is 65.0 cm³/mol. The number of amides is 1. The Balaban J connectivity index is 2.19. The van der Waals surface area contributed by atoms with Crippen LogP contribution in [0.3, 0.4) is 0 Å². The van der Waals surface area contributed by atoms with Crippen molar-refractivity contribution < 1.29 is 14.3 Å². The first kappa shape index (κ1) is 12.0. The van der Waals surface area contributed by atoms with Gasteiger partial charge >= 0.3 is 0 Å². The molecule has 17 heavy (non-hydrogen) atoms. The molecule has 1 aliphatic rings. The Labute approximate surface area is 104 Å². The molecular formula is C11H13ClN2O3. The van der Waals surface area contributed by atoms with Gasteiger partial charge in [-0.15, -0.1) is 0 Å². The van der Waals surface area contributed by atoms with Crippen LogP contribution >= 0.6 is 11.6 Å². The van der Waals surface area contributed by atoms with E-state index in [1.807, 2.05) is 0 Å². The van der Waals surface area contributed by atoms with Crippen molar-refractivity contribution in [1.82, 2.24) is 5.32 Å². The van der Waals surface area contributed by atoms with Crippen LogP contribution in [0.25, 0.3) is 0 Å². The van der Waals surface area contributed by atoms with Crippen molar-refractivity contribution in [2.24, 2.45) is 0 Å². The summed E-state index contributed by atoms with van der Waals surface area (Å²) in [5.41, 5.74) is 0.524. The molecule has 2 N–H and O–H groups in total. The molecule has 2 rings (SSSR count). The zero-order valence-electron chi connectivity index (χ0n) is 9.38. The highest BCUT2D eigenvalue weighted by Crippen LogP contribution is 2.37. The Morgan fingerprint density at radius 3 is 2.65 bits per heavy atom. The van der Waals surface area contributed by atoms with Crippen molar-refractivity contribution in [3.63, 3.8) is 0 Å². The number of likely N-dealkylation sites (N-methyl/N-ethyl adjacent to an activating group) is 1. The molecule has 0 spiro atoms. The number of fused-ring (bicyclic) bond motifs is 1. The third-order valence-electron chi connectivity index (χ3n) is 2.24. The SMILES string of the molecule is CNCC(=O)Nc1cc2c(cc1Cl)OCCO2. The summed E-state index contributed by atoms with van der Waals surface area (Å²) in [4.78, 5) is 11.4. The van der Waals surface area contributed by atoms with Crippen LogP contribution < -0.4 is 20.1 Å². The molecule has 0 bridgehead atoms. The maximum atomic E-state index is 11.4. The van der Waals surface area contributed by atoms with E-state index >= 15 is 0 Å². The fourth-order valence-electron chi connectivity index (χ4n) is 1.51. The molecule has 1 aromatic rings. The van der Waals surface area contributed by atoms with Gasteiger partial charge in [-0.2, -0.15) is 0 Å². The van der Waals surface area contributed by atoms with E-state index in [-0.39, 0.29) is 12.5 Å². The summed E-state index contributed by atoms with van der Waals surface area (Å²) in [6.45, 7) is 1.23. The van der Waals surface area contributed by atoms with Crippen LogP contribution in [0, 0.1) is 0 Å². The number of hydrogen-bond acceptors (Lipinski definition) is 4. The van der Waals surface area contributed by atoms with Crippen molar-refractivity contribution >= 4 is 23.2 Å². The van der Waals surface area contributed by atoms with Crippen molar-refractivity contribution in [3.05, 3.63) is 17.2 Å². The second kappa shape index (κ2) is 5.25. The summed E-state index contributed by atoms with van der Waals surface area (Å²) in [5, 5.41) is 5.88. The second-order valence-corrected chi connectivity index (χ2v) is 3.96. The normalized spacial score (nSPS) is 13.3. The van der Waals surface area contributed by atoms with Crippen molar-refractivity contribution in [2.75, 3.05) is 32.1 Å². The number of anilines is 1. The van der Waals surface area contributed by atoms with E-state index in [2.05, 4.69) is 10.6 Å². The highest BCUT2D eigenvalue weighted by atomic mass is 35.5. The van der Waals surface area contributed by atoms with Crippen molar-refractivity contribution in [3.8, 4) is 11.5 Å². The maximum absolute atomic E-state index is 11.4. The fourth-order valence-corrected chi connectivity index (χ4v) is 1.72. The molecule has 1 heterocycles. The quantitative estimate of drug-likeness (QED) is 0.855. The van der Waals surface area contributed by atoms with Crippen LogP contribution in [-0.2, 0) is 4.79 Å². The number of ether oxygens (including phenoxy) is 2. The molecule has 1 aliphatic heterocycles. The van der Waals surface area contributed by atoms with E-state index in [0.29, 0.717) is 35.4 Å². The summed E-state index contributed by atoms with van der Waals surface area (Å²) in [6.07, 6.45) is 0. The first-order valence-corrected chi connectivity index (χ1v) is 5.62. The zero-order valence-corrected chi connectivity index (χ0v) is 10.1. The average Bonchev–Trinajstić information content (AvgIpc) is 2.30. The van der Waals surface area contributed by atoms with E-state index in [9.17, 15) is 4.79 Å². The van der Waals surface area contributed by atoms with Gasteiger partial charge in [0.05, 0.1) is 17.3 Å². The molecule has 6 heteroatoms. The first-order chi connectivity index (χ1) is 8.20. The van der Waals surface area contributed by atoms with Crippen LogP contribution in [0.4, 0.5) is 5.69 Å². The van der Waals surface area contributed by atoms with Crippen molar-refractivity contribution in [2.45, 2.75) is 0 Å². The lowest BCUT2D eigenvalue weighted by atomic mass is 10.2. The molecule has 1 aromatic carbocycles. The topological polar surface area (TPSA) is 59.6 Å². The lowest BCUT2D eigenvalue weighted by Gasteiger charge is -2.20. The fraction of sp³-hybridized carbons (Fsp3) is 0.364. The summed E-state index contributed by atoms with van der Waals surface area (Å²) < 4.78 is 10.8. The standard InChI is InChI=1S/C11H13ClN2O3/c1-13-6-11(15)14-8-5-10-9(4-7(8)12)16-2-3-17-10/h4-5,13H,2-3,6H2,1H3,(H,14,15). The number of hydrogen-bond donors (Lipinski definition) is 2. The molecule has 92 valence electrons.